The van der Waals surface area contributed by atoms with Crippen molar-refractivity contribution in [1.82, 2.24) is 4.72 Å². The molecule has 0 amide bonds. The molecular formula is C16H18ClNO2S2. The van der Waals surface area contributed by atoms with E-state index in [-0.39, 0.29) is 5.75 Å². The zero-order valence-corrected chi connectivity index (χ0v) is 14.6. The largest absolute Gasteiger partial charge is 0.215 e. The minimum absolute atomic E-state index is 0.0191. The van der Waals surface area contributed by atoms with Gasteiger partial charge in [0.2, 0.25) is 10.0 Å². The van der Waals surface area contributed by atoms with Gasteiger partial charge in [0.05, 0.1) is 5.75 Å². The Bertz CT molecular complexity index is 715. The molecule has 0 spiro atoms. The number of thioether (sulfide) groups is 1. The lowest BCUT2D eigenvalue weighted by atomic mass is 10.1. The molecular weight excluding hydrogens is 338 g/mol. The summed E-state index contributed by atoms with van der Waals surface area (Å²) in [6.07, 6.45) is 0. The lowest BCUT2D eigenvalue weighted by molar-refractivity contribution is 0.583. The van der Waals surface area contributed by atoms with Gasteiger partial charge in [0.1, 0.15) is 0 Å². The first-order valence-electron chi connectivity index (χ1n) is 6.86. The number of sulfonamides is 1. The van der Waals surface area contributed by atoms with Gasteiger partial charge >= 0.3 is 0 Å². The molecule has 0 bridgehead atoms. The van der Waals surface area contributed by atoms with Crippen molar-refractivity contribution in [2.45, 2.75) is 17.6 Å². The van der Waals surface area contributed by atoms with Crippen molar-refractivity contribution >= 4 is 33.4 Å². The summed E-state index contributed by atoms with van der Waals surface area (Å²) in [5.41, 5.74) is 1.82. The van der Waals surface area contributed by atoms with Crippen LogP contribution in [0.25, 0.3) is 0 Å². The maximum absolute atomic E-state index is 12.1. The normalized spacial score (nSPS) is 11.5. The third-order valence-electron chi connectivity index (χ3n) is 3.11. The first-order chi connectivity index (χ1) is 10.5. The predicted molar refractivity (Wildman–Crippen MR) is 94.0 cm³/mol. The number of benzene rings is 2. The molecule has 0 aromatic heterocycles. The van der Waals surface area contributed by atoms with Crippen LogP contribution in [0, 0.1) is 6.92 Å². The topological polar surface area (TPSA) is 46.2 Å². The van der Waals surface area contributed by atoms with Crippen LogP contribution in [0.2, 0.25) is 5.02 Å². The fourth-order valence-electron chi connectivity index (χ4n) is 1.92. The van der Waals surface area contributed by atoms with Gasteiger partial charge in [0.25, 0.3) is 0 Å². The van der Waals surface area contributed by atoms with E-state index in [0.29, 0.717) is 17.3 Å². The minimum atomic E-state index is -3.30. The SMILES string of the molecule is Cc1ccccc1CS(=O)(=O)NCCSc1ccc(Cl)cc1. The number of hydrogen-bond donors (Lipinski definition) is 1. The molecule has 118 valence electrons. The molecule has 1 N–H and O–H groups in total. The van der Waals surface area contributed by atoms with Crippen LogP contribution >= 0.6 is 23.4 Å². The molecule has 0 atom stereocenters. The summed E-state index contributed by atoms with van der Waals surface area (Å²) >= 11 is 7.42. The second kappa shape index (κ2) is 8.02. The Morgan fingerprint density at radius 3 is 2.45 bits per heavy atom. The molecule has 0 radical (unpaired) electrons. The first-order valence-corrected chi connectivity index (χ1v) is 9.88. The van der Waals surface area contributed by atoms with Gasteiger partial charge in [0.15, 0.2) is 0 Å². The number of hydrogen-bond acceptors (Lipinski definition) is 3. The van der Waals surface area contributed by atoms with Crippen molar-refractivity contribution in [1.29, 1.82) is 0 Å². The summed E-state index contributed by atoms with van der Waals surface area (Å²) in [5.74, 6) is 0.694. The average Bonchev–Trinajstić information content (AvgIpc) is 2.48. The summed E-state index contributed by atoms with van der Waals surface area (Å²) in [4.78, 5) is 1.07. The van der Waals surface area contributed by atoms with Crippen LogP contribution in [-0.4, -0.2) is 20.7 Å². The summed E-state index contributed by atoms with van der Waals surface area (Å²) in [7, 11) is -3.30. The molecule has 0 aliphatic rings. The third-order valence-corrected chi connectivity index (χ3v) is 5.71. The Labute approximate surface area is 141 Å². The highest BCUT2D eigenvalue weighted by atomic mass is 35.5. The monoisotopic (exact) mass is 355 g/mol. The van der Waals surface area contributed by atoms with E-state index in [0.717, 1.165) is 16.0 Å². The average molecular weight is 356 g/mol. The number of nitrogens with one attached hydrogen (secondary N) is 1. The Morgan fingerprint density at radius 1 is 1.09 bits per heavy atom. The van der Waals surface area contributed by atoms with Gasteiger partial charge < -0.3 is 0 Å². The first kappa shape index (κ1) is 17.3. The molecule has 3 nitrogen and oxygen atoms in total. The molecule has 0 unspecified atom stereocenters. The highest BCUT2D eigenvalue weighted by molar-refractivity contribution is 7.99. The second-order valence-electron chi connectivity index (χ2n) is 4.88. The van der Waals surface area contributed by atoms with E-state index in [4.69, 9.17) is 11.6 Å². The van der Waals surface area contributed by atoms with E-state index in [1.165, 1.54) is 0 Å². The minimum Gasteiger partial charge on any atom is -0.214 e. The molecule has 0 fully saturated rings. The van der Waals surface area contributed by atoms with E-state index >= 15 is 0 Å². The van der Waals surface area contributed by atoms with Crippen LogP contribution < -0.4 is 4.72 Å². The Morgan fingerprint density at radius 2 is 1.77 bits per heavy atom. The fraction of sp³-hybridized carbons (Fsp3) is 0.250. The van der Waals surface area contributed by atoms with Gasteiger partial charge in [-0.15, -0.1) is 11.8 Å². The quantitative estimate of drug-likeness (QED) is 0.606. The van der Waals surface area contributed by atoms with Crippen molar-refractivity contribution < 1.29 is 8.42 Å². The number of halogens is 1. The van der Waals surface area contributed by atoms with E-state index in [9.17, 15) is 8.42 Å². The van der Waals surface area contributed by atoms with Gasteiger partial charge in [-0.2, -0.15) is 0 Å². The van der Waals surface area contributed by atoms with Gasteiger partial charge in [0, 0.05) is 22.2 Å². The van der Waals surface area contributed by atoms with Crippen LogP contribution in [-0.2, 0) is 15.8 Å². The van der Waals surface area contributed by atoms with Gasteiger partial charge in [-0.1, -0.05) is 35.9 Å². The van der Waals surface area contributed by atoms with Gasteiger partial charge in [-0.05, 0) is 42.3 Å². The van der Waals surface area contributed by atoms with Crippen molar-refractivity contribution in [3.63, 3.8) is 0 Å². The molecule has 0 aliphatic carbocycles. The standard InChI is InChI=1S/C16H18ClNO2S2/c1-13-4-2-3-5-14(13)12-22(19,20)18-10-11-21-16-8-6-15(17)7-9-16/h2-9,18H,10-12H2,1H3. The summed E-state index contributed by atoms with van der Waals surface area (Å²) in [6, 6.07) is 15.0. The van der Waals surface area contributed by atoms with E-state index in [1.54, 1.807) is 11.8 Å². The van der Waals surface area contributed by atoms with Crippen LogP contribution in [0.5, 0.6) is 0 Å². The van der Waals surface area contributed by atoms with E-state index in [1.807, 2.05) is 55.5 Å². The van der Waals surface area contributed by atoms with Crippen molar-refractivity contribution in [3.05, 3.63) is 64.7 Å². The molecule has 0 heterocycles. The Kier molecular flexibility index (Phi) is 6.32. The lowest BCUT2D eigenvalue weighted by Gasteiger charge is -2.08. The van der Waals surface area contributed by atoms with Crippen molar-refractivity contribution in [2.75, 3.05) is 12.3 Å². The van der Waals surface area contributed by atoms with Gasteiger partial charge in [-0.25, -0.2) is 13.1 Å². The second-order valence-corrected chi connectivity index (χ2v) is 8.29. The summed E-state index contributed by atoms with van der Waals surface area (Å²) < 4.78 is 26.8. The van der Waals surface area contributed by atoms with Crippen LogP contribution in [0.1, 0.15) is 11.1 Å². The van der Waals surface area contributed by atoms with E-state index in [2.05, 4.69) is 4.72 Å². The maximum atomic E-state index is 12.1. The molecule has 2 rings (SSSR count). The van der Waals surface area contributed by atoms with Crippen LogP contribution in [0.3, 0.4) is 0 Å². The molecule has 0 saturated carbocycles. The highest BCUT2D eigenvalue weighted by Gasteiger charge is 2.12. The Hall–Kier alpha value is -1.01. The molecule has 6 heteroatoms. The van der Waals surface area contributed by atoms with Crippen LogP contribution in [0.4, 0.5) is 0 Å². The fourth-order valence-corrected chi connectivity index (χ4v) is 4.20. The number of aryl methyl sites for hydroxylation is 1. The van der Waals surface area contributed by atoms with E-state index < -0.39 is 10.0 Å². The number of rotatable bonds is 7. The summed E-state index contributed by atoms with van der Waals surface area (Å²) in [5, 5.41) is 0.697. The molecule has 0 saturated heterocycles. The Balaban J connectivity index is 1.80. The maximum Gasteiger partial charge on any atom is 0.215 e. The predicted octanol–water partition coefficient (Wildman–Crippen LogP) is 3.86. The zero-order chi connectivity index (χ0) is 16.0. The van der Waals surface area contributed by atoms with Gasteiger partial charge in [-0.3, -0.25) is 0 Å². The molecule has 22 heavy (non-hydrogen) atoms. The zero-order valence-electron chi connectivity index (χ0n) is 12.3. The van der Waals surface area contributed by atoms with Crippen LogP contribution in [0.15, 0.2) is 53.4 Å². The summed E-state index contributed by atoms with van der Waals surface area (Å²) in [6.45, 7) is 2.32. The smallest absolute Gasteiger partial charge is 0.214 e. The van der Waals surface area contributed by atoms with Crippen molar-refractivity contribution in [3.8, 4) is 0 Å². The third kappa shape index (κ3) is 5.65. The lowest BCUT2D eigenvalue weighted by Crippen LogP contribution is -2.27. The molecule has 2 aromatic carbocycles. The molecule has 0 aliphatic heterocycles. The molecule has 2 aromatic rings. The van der Waals surface area contributed by atoms with Crippen molar-refractivity contribution in [2.24, 2.45) is 0 Å². The highest BCUT2D eigenvalue weighted by Crippen LogP contribution is 2.19.